The quantitative estimate of drug-likeness (QED) is 0.155. The van der Waals surface area contributed by atoms with Crippen molar-refractivity contribution in [1.82, 2.24) is 9.97 Å². The van der Waals surface area contributed by atoms with Gasteiger partial charge in [-0.25, -0.2) is 9.97 Å². The Morgan fingerprint density at radius 3 is 1.66 bits per heavy atom. The van der Waals surface area contributed by atoms with Gasteiger partial charge in [-0.3, -0.25) is 0 Å². The van der Waals surface area contributed by atoms with Gasteiger partial charge in [0, 0.05) is 45.0 Å². The topological polar surface area (TPSA) is 32.3 Å². The molecule has 278 valence electrons. The van der Waals surface area contributed by atoms with Gasteiger partial charge in [0.1, 0.15) is 0 Å². The van der Waals surface area contributed by atoms with E-state index in [1.807, 2.05) is 0 Å². The second kappa shape index (κ2) is 15.0. The average Bonchev–Trinajstić information content (AvgIpc) is 3.28. The Labute approximate surface area is 339 Å². The van der Waals surface area contributed by atoms with Crippen LogP contribution >= 0.6 is 0 Å². The second-order valence-corrected chi connectivity index (χ2v) is 15.1. The van der Waals surface area contributed by atoms with Gasteiger partial charge in [0.15, 0.2) is 0 Å². The van der Waals surface area contributed by atoms with E-state index in [4.69, 9.17) is 9.97 Å². The molecule has 0 unspecified atom stereocenters. The van der Waals surface area contributed by atoms with Crippen molar-refractivity contribution in [3.05, 3.63) is 211 Å². The molecule has 0 N–H and O–H groups in total. The number of hydrogen-bond donors (Lipinski definition) is 0. The van der Waals surface area contributed by atoms with Gasteiger partial charge < -0.3 is 9.80 Å². The Bertz CT molecular complexity index is 3010. The summed E-state index contributed by atoms with van der Waals surface area (Å²) in [5.74, 6) is 0. The van der Waals surface area contributed by atoms with E-state index in [9.17, 15) is 0 Å². The molecule has 0 saturated carbocycles. The van der Waals surface area contributed by atoms with E-state index in [2.05, 4.69) is 218 Å². The summed E-state index contributed by atoms with van der Waals surface area (Å²) in [5, 5.41) is 4.87. The third-order valence-corrected chi connectivity index (χ3v) is 11.4. The molecule has 0 aliphatic heterocycles. The van der Waals surface area contributed by atoms with Crippen molar-refractivity contribution in [3.8, 4) is 22.5 Å². The number of fused-ring (bicyclic) bond motifs is 3. The van der Waals surface area contributed by atoms with E-state index in [1.165, 1.54) is 38.4 Å². The first-order chi connectivity index (χ1) is 28.6. The van der Waals surface area contributed by atoms with Crippen LogP contribution in [-0.4, -0.2) is 9.97 Å². The first-order valence-electron chi connectivity index (χ1n) is 20.0. The monoisotopic (exact) mass is 746 g/mol. The number of anilines is 5. The van der Waals surface area contributed by atoms with Crippen LogP contribution in [0.3, 0.4) is 0 Å². The predicted octanol–water partition coefficient (Wildman–Crippen LogP) is 14.7. The Hall–Kier alpha value is -7.30. The summed E-state index contributed by atoms with van der Waals surface area (Å²) >= 11 is 0. The molecule has 10 rings (SSSR count). The number of benzene rings is 8. The summed E-state index contributed by atoms with van der Waals surface area (Å²) in [6.07, 6.45) is 8.65. The molecule has 0 atom stereocenters. The zero-order valence-corrected chi connectivity index (χ0v) is 32.7. The molecular formula is C54H42N4. The van der Waals surface area contributed by atoms with Crippen LogP contribution < -0.4 is 9.80 Å². The summed E-state index contributed by atoms with van der Waals surface area (Å²) in [6.45, 7) is 4.28. The maximum Gasteiger partial charge on any atom is 0.0973 e. The van der Waals surface area contributed by atoms with Crippen molar-refractivity contribution in [2.45, 2.75) is 26.7 Å². The van der Waals surface area contributed by atoms with Gasteiger partial charge >= 0.3 is 0 Å². The molecule has 9 aromatic rings. The summed E-state index contributed by atoms with van der Waals surface area (Å²) in [6, 6.07) is 63.0. The van der Waals surface area contributed by atoms with Crippen molar-refractivity contribution in [1.29, 1.82) is 0 Å². The molecule has 0 bridgehead atoms. The highest BCUT2D eigenvalue weighted by Crippen LogP contribution is 2.41. The van der Waals surface area contributed by atoms with Gasteiger partial charge in [-0.15, -0.1) is 0 Å². The normalized spacial score (nSPS) is 12.6. The van der Waals surface area contributed by atoms with Crippen LogP contribution in [0.5, 0.6) is 0 Å². The lowest BCUT2D eigenvalue weighted by Gasteiger charge is -2.29. The zero-order chi connectivity index (χ0) is 39.0. The third kappa shape index (κ3) is 6.59. The van der Waals surface area contributed by atoms with Crippen LogP contribution in [0.4, 0.5) is 28.4 Å². The molecule has 8 aromatic carbocycles. The highest BCUT2D eigenvalue weighted by Gasteiger charge is 2.20. The number of aromatic nitrogens is 2. The molecule has 1 heterocycles. The van der Waals surface area contributed by atoms with Gasteiger partial charge in [0.05, 0.1) is 28.1 Å². The fourth-order valence-electron chi connectivity index (χ4n) is 8.23. The Morgan fingerprint density at radius 1 is 0.448 bits per heavy atom. The first-order valence-corrected chi connectivity index (χ1v) is 20.0. The molecule has 0 fully saturated rings. The third-order valence-electron chi connectivity index (χ3n) is 11.4. The Kier molecular flexibility index (Phi) is 9.08. The van der Waals surface area contributed by atoms with Gasteiger partial charge in [-0.2, -0.15) is 0 Å². The number of aryl methyl sites for hydroxylation is 2. The molecule has 1 aromatic heterocycles. The minimum Gasteiger partial charge on any atom is -0.314 e. The van der Waals surface area contributed by atoms with Crippen LogP contribution in [-0.2, 0) is 0 Å². The second-order valence-electron chi connectivity index (χ2n) is 15.1. The highest BCUT2D eigenvalue weighted by molar-refractivity contribution is 5.99. The maximum absolute atomic E-state index is 5.36. The van der Waals surface area contributed by atoms with Gasteiger partial charge in [0.25, 0.3) is 0 Å². The summed E-state index contributed by atoms with van der Waals surface area (Å²) < 4.78 is 0. The minimum absolute atomic E-state index is 0.859. The lowest BCUT2D eigenvalue weighted by molar-refractivity contribution is 0.918. The highest BCUT2D eigenvalue weighted by atomic mass is 15.2. The van der Waals surface area contributed by atoms with Crippen molar-refractivity contribution in [3.63, 3.8) is 0 Å². The van der Waals surface area contributed by atoms with Crippen molar-refractivity contribution < 1.29 is 0 Å². The molecular weight excluding hydrogens is 705 g/mol. The SMILES string of the molecule is Cc1cc2nc(-c3ccc(N(C4=CC=CCC4)c4ccc5ccccc5c4)cc3)c(-c3ccc(N(c4ccccc4)c4cccc5ccccc45)cc3)nc2cc1C. The molecule has 0 saturated heterocycles. The number of hydrogen-bond acceptors (Lipinski definition) is 4. The van der Waals surface area contributed by atoms with Crippen molar-refractivity contribution in [2.24, 2.45) is 0 Å². The summed E-state index contributed by atoms with van der Waals surface area (Å²) in [4.78, 5) is 15.5. The molecule has 58 heavy (non-hydrogen) atoms. The maximum atomic E-state index is 5.36. The van der Waals surface area contributed by atoms with Gasteiger partial charge in [0.2, 0.25) is 0 Å². The van der Waals surface area contributed by atoms with E-state index in [1.54, 1.807) is 0 Å². The molecule has 4 nitrogen and oxygen atoms in total. The zero-order valence-electron chi connectivity index (χ0n) is 32.7. The van der Waals surface area contributed by atoms with Crippen LogP contribution in [0.25, 0.3) is 55.1 Å². The van der Waals surface area contributed by atoms with Crippen molar-refractivity contribution in [2.75, 3.05) is 9.80 Å². The minimum atomic E-state index is 0.859. The number of nitrogens with zero attached hydrogens (tertiary/aromatic N) is 4. The Morgan fingerprint density at radius 2 is 1.00 bits per heavy atom. The lowest BCUT2D eigenvalue weighted by Crippen LogP contribution is -2.17. The molecule has 0 amide bonds. The van der Waals surface area contributed by atoms with Crippen molar-refractivity contribution >= 4 is 61.0 Å². The molecule has 0 radical (unpaired) electrons. The van der Waals surface area contributed by atoms with E-state index in [0.29, 0.717) is 0 Å². The van der Waals surface area contributed by atoms with Crippen LogP contribution in [0.2, 0.25) is 0 Å². The number of rotatable bonds is 8. The molecule has 1 aliphatic carbocycles. The predicted molar refractivity (Wildman–Crippen MR) is 245 cm³/mol. The summed E-state index contributed by atoms with van der Waals surface area (Å²) in [5.41, 5.74) is 14.8. The fraction of sp³-hybridized carbons (Fsp3) is 0.0741. The van der Waals surface area contributed by atoms with Crippen LogP contribution in [0, 0.1) is 13.8 Å². The Balaban J connectivity index is 1.08. The average molecular weight is 747 g/mol. The van der Waals surface area contributed by atoms with Crippen LogP contribution in [0.1, 0.15) is 24.0 Å². The standard InChI is InChI=1S/C54H42N4/c1-37-34-50-51(35-38(37)2)56-54(42-27-31-47(32-28-42)58(45-20-7-4-8-21-45)52-23-13-17-40-15-11-12-22-49(40)52)53(55-50)41-25-29-46(30-26-41)57(44-18-5-3-6-19-44)48-33-24-39-14-9-10-16-43(39)36-48/h3-5,7-18,20-36H,6,19H2,1-2H3. The number of allylic oxidation sites excluding steroid dienone is 4. The smallest absolute Gasteiger partial charge is 0.0973 e. The molecule has 4 heteroatoms. The van der Waals surface area contributed by atoms with Crippen LogP contribution in [0.15, 0.2) is 200 Å². The van der Waals surface area contributed by atoms with E-state index >= 15 is 0 Å². The fourth-order valence-corrected chi connectivity index (χ4v) is 8.23. The number of para-hydroxylation sites is 1. The largest absolute Gasteiger partial charge is 0.314 e. The van der Waals surface area contributed by atoms with E-state index < -0.39 is 0 Å². The van der Waals surface area contributed by atoms with Gasteiger partial charge in [-0.1, -0.05) is 121 Å². The lowest BCUT2D eigenvalue weighted by atomic mass is 10.0. The van der Waals surface area contributed by atoms with E-state index in [-0.39, 0.29) is 0 Å². The van der Waals surface area contributed by atoms with E-state index in [0.717, 1.165) is 74.8 Å². The summed E-state index contributed by atoms with van der Waals surface area (Å²) in [7, 11) is 0. The molecule has 0 spiro atoms. The molecule has 1 aliphatic rings. The van der Waals surface area contributed by atoms with Gasteiger partial charge in [-0.05, 0) is 127 Å². The first kappa shape index (κ1) is 35.1.